The zero-order valence-electron chi connectivity index (χ0n) is 18.0. The number of hydrogen-bond acceptors (Lipinski definition) is 3. The lowest BCUT2D eigenvalue weighted by Crippen LogP contribution is -2.36. The molecule has 162 valence electrons. The van der Waals surface area contributed by atoms with Crippen LogP contribution < -0.4 is 10.2 Å². The van der Waals surface area contributed by atoms with E-state index >= 15 is 0 Å². The quantitative estimate of drug-likeness (QED) is 0.800. The minimum absolute atomic E-state index is 0.0456. The Kier molecular flexibility index (Phi) is 6.35. The van der Waals surface area contributed by atoms with Gasteiger partial charge in [-0.2, -0.15) is 0 Å². The Morgan fingerprint density at radius 1 is 1.00 bits per heavy atom. The third-order valence-electron chi connectivity index (χ3n) is 6.21. The van der Waals surface area contributed by atoms with Crippen LogP contribution in [0.2, 0.25) is 0 Å². The van der Waals surface area contributed by atoms with E-state index in [-0.39, 0.29) is 24.1 Å². The van der Waals surface area contributed by atoms with E-state index in [9.17, 15) is 14.4 Å². The van der Waals surface area contributed by atoms with E-state index in [1.807, 2.05) is 41.3 Å². The van der Waals surface area contributed by atoms with Crippen molar-refractivity contribution >= 4 is 29.1 Å². The Morgan fingerprint density at radius 2 is 1.71 bits per heavy atom. The van der Waals surface area contributed by atoms with E-state index in [1.54, 1.807) is 17.0 Å². The Balaban J connectivity index is 1.45. The molecular weight excluding hydrogens is 390 g/mol. The predicted molar refractivity (Wildman–Crippen MR) is 121 cm³/mol. The lowest BCUT2D eigenvalue weighted by Gasteiger charge is -2.27. The molecule has 2 saturated heterocycles. The van der Waals surface area contributed by atoms with Crippen LogP contribution in [0.5, 0.6) is 0 Å². The third kappa shape index (κ3) is 4.63. The molecule has 2 aromatic rings. The summed E-state index contributed by atoms with van der Waals surface area (Å²) < 4.78 is 0. The second-order valence-corrected chi connectivity index (χ2v) is 8.31. The highest BCUT2D eigenvalue weighted by Gasteiger charge is 2.35. The van der Waals surface area contributed by atoms with Gasteiger partial charge in [-0.3, -0.25) is 14.4 Å². The summed E-state index contributed by atoms with van der Waals surface area (Å²) in [6, 6.07) is 15.0. The highest BCUT2D eigenvalue weighted by atomic mass is 16.2. The highest BCUT2D eigenvalue weighted by molar-refractivity contribution is 6.07. The number of aryl methyl sites for hydroxylation is 1. The van der Waals surface area contributed by atoms with E-state index in [4.69, 9.17) is 0 Å². The predicted octanol–water partition coefficient (Wildman–Crippen LogP) is 3.87. The molecule has 2 aliphatic rings. The van der Waals surface area contributed by atoms with Crippen LogP contribution in [-0.2, 0) is 16.0 Å². The maximum absolute atomic E-state index is 13.0. The van der Waals surface area contributed by atoms with Gasteiger partial charge in [-0.15, -0.1) is 0 Å². The topological polar surface area (TPSA) is 69.7 Å². The second-order valence-electron chi connectivity index (χ2n) is 8.31. The van der Waals surface area contributed by atoms with Crippen molar-refractivity contribution in [1.29, 1.82) is 0 Å². The standard InChI is InChI=1S/C25H29N3O3/c1-2-18-10-12-20(13-11-18)28-17-19(16-23(28)29)24(30)26-22-9-5-4-8-21(22)25(31)27-14-6-3-7-15-27/h4-5,8-13,19H,2-3,6-7,14-17H2,1H3,(H,26,30). The number of amides is 3. The number of para-hydroxylation sites is 1. The Labute approximate surface area is 183 Å². The van der Waals surface area contributed by atoms with E-state index in [1.165, 1.54) is 5.56 Å². The minimum atomic E-state index is -0.448. The van der Waals surface area contributed by atoms with Crippen molar-refractivity contribution in [2.45, 2.75) is 39.0 Å². The fourth-order valence-corrected chi connectivity index (χ4v) is 4.33. The molecular formula is C25H29N3O3. The lowest BCUT2D eigenvalue weighted by molar-refractivity contribution is -0.122. The van der Waals surface area contributed by atoms with Crippen molar-refractivity contribution in [2.24, 2.45) is 5.92 Å². The molecule has 1 N–H and O–H groups in total. The van der Waals surface area contributed by atoms with E-state index in [0.717, 1.165) is 44.5 Å². The van der Waals surface area contributed by atoms with Gasteiger partial charge in [0.2, 0.25) is 11.8 Å². The molecule has 31 heavy (non-hydrogen) atoms. The molecule has 1 unspecified atom stereocenters. The maximum atomic E-state index is 13.0. The Morgan fingerprint density at radius 3 is 2.42 bits per heavy atom. The minimum Gasteiger partial charge on any atom is -0.339 e. The summed E-state index contributed by atoms with van der Waals surface area (Å²) >= 11 is 0. The lowest BCUT2D eigenvalue weighted by atomic mass is 10.1. The average Bonchev–Trinajstić information content (AvgIpc) is 3.21. The van der Waals surface area contributed by atoms with Crippen molar-refractivity contribution in [3.05, 3.63) is 59.7 Å². The van der Waals surface area contributed by atoms with Crippen LogP contribution in [0.1, 0.15) is 48.5 Å². The van der Waals surface area contributed by atoms with Crippen LogP contribution >= 0.6 is 0 Å². The number of carbonyl (C=O) groups excluding carboxylic acids is 3. The first kappa shape index (κ1) is 21.1. The SMILES string of the molecule is CCc1ccc(N2CC(C(=O)Nc3ccccc3C(=O)N3CCCCC3)CC2=O)cc1. The molecule has 2 aromatic carbocycles. The molecule has 0 aromatic heterocycles. The van der Waals surface area contributed by atoms with Crippen LogP contribution in [0.15, 0.2) is 48.5 Å². The number of benzene rings is 2. The van der Waals surface area contributed by atoms with Gasteiger partial charge in [0.25, 0.3) is 5.91 Å². The molecule has 6 nitrogen and oxygen atoms in total. The molecule has 0 spiro atoms. The van der Waals surface area contributed by atoms with Gasteiger partial charge in [-0.05, 0) is 55.5 Å². The fraction of sp³-hybridized carbons (Fsp3) is 0.400. The van der Waals surface area contributed by atoms with Crippen molar-refractivity contribution in [2.75, 3.05) is 29.9 Å². The number of piperidine rings is 1. The summed E-state index contributed by atoms with van der Waals surface area (Å²) in [6.45, 7) is 3.94. The first-order valence-corrected chi connectivity index (χ1v) is 11.1. The summed E-state index contributed by atoms with van der Waals surface area (Å²) in [5, 5.41) is 2.92. The van der Waals surface area contributed by atoms with Crippen molar-refractivity contribution < 1.29 is 14.4 Å². The highest BCUT2D eigenvalue weighted by Crippen LogP contribution is 2.27. The molecule has 4 rings (SSSR count). The van der Waals surface area contributed by atoms with E-state index in [2.05, 4.69) is 12.2 Å². The van der Waals surface area contributed by atoms with Gasteiger partial charge < -0.3 is 15.1 Å². The normalized spacial score (nSPS) is 18.9. The number of anilines is 2. The van der Waals surface area contributed by atoms with Crippen LogP contribution in [0.25, 0.3) is 0 Å². The Bertz CT molecular complexity index is 964. The third-order valence-corrected chi connectivity index (χ3v) is 6.21. The van der Waals surface area contributed by atoms with Crippen molar-refractivity contribution in [3.63, 3.8) is 0 Å². The summed E-state index contributed by atoms with van der Waals surface area (Å²) in [5.74, 6) is -0.769. The smallest absolute Gasteiger partial charge is 0.255 e. The zero-order valence-corrected chi connectivity index (χ0v) is 18.0. The van der Waals surface area contributed by atoms with E-state index in [0.29, 0.717) is 17.8 Å². The average molecular weight is 420 g/mol. The van der Waals surface area contributed by atoms with Gasteiger partial charge in [-0.25, -0.2) is 0 Å². The molecule has 2 fully saturated rings. The van der Waals surface area contributed by atoms with Crippen LogP contribution in [0.3, 0.4) is 0 Å². The monoisotopic (exact) mass is 419 g/mol. The molecule has 0 saturated carbocycles. The maximum Gasteiger partial charge on any atom is 0.255 e. The van der Waals surface area contributed by atoms with Gasteiger partial charge in [0.1, 0.15) is 0 Å². The molecule has 2 aliphatic heterocycles. The molecule has 3 amide bonds. The van der Waals surface area contributed by atoms with Crippen LogP contribution in [-0.4, -0.2) is 42.3 Å². The van der Waals surface area contributed by atoms with Crippen LogP contribution in [0, 0.1) is 5.92 Å². The van der Waals surface area contributed by atoms with Gasteiger partial charge in [-0.1, -0.05) is 31.2 Å². The second kappa shape index (κ2) is 9.33. The van der Waals surface area contributed by atoms with E-state index < -0.39 is 5.92 Å². The number of nitrogens with zero attached hydrogens (tertiary/aromatic N) is 2. The summed E-state index contributed by atoms with van der Waals surface area (Å²) in [6.07, 6.45) is 4.28. The summed E-state index contributed by atoms with van der Waals surface area (Å²) in [4.78, 5) is 42.0. The van der Waals surface area contributed by atoms with Crippen molar-refractivity contribution in [1.82, 2.24) is 4.90 Å². The van der Waals surface area contributed by atoms with Crippen molar-refractivity contribution in [3.8, 4) is 0 Å². The summed E-state index contributed by atoms with van der Waals surface area (Å²) in [5.41, 5.74) is 3.05. The fourth-order valence-electron chi connectivity index (χ4n) is 4.33. The largest absolute Gasteiger partial charge is 0.339 e. The Hall–Kier alpha value is -3.15. The first-order chi connectivity index (χ1) is 15.1. The molecule has 0 bridgehead atoms. The van der Waals surface area contributed by atoms with Crippen LogP contribution in [0.4, 0.5) is 11.4 Å². The molecule has 6 heteroatoms. The molecule has 1 atom stereocenters. The molecule has 2 heterocycles. The number of carbonyl (C=O) groups is 3. The number of nitrogens with one attached hydrogen (secondary N) is 1. The number of rotatable bonds is 5. The summed E-state index contributed by atoms with van der Waals surface area (Å²) in [7, 11) is 0. The number of likely N-dealkylation sites (tertiary alicyclic amines) is 1. The van der Waals surface area contributed by atoms with Gasteiger partial charge in [0.05, 0.1) is 17.2 Å². The molecule has 0 aliphatic carbocycles. The first-order valence-electron chi connectivity index (χ1n) is 11.1. The van der Waals surface area contributed by atoms with Gasteiger partial charge >= 0.3 is 0 Å². The zero-order chi connectivity index (χ0) is 21.8. The van der Waals surface area contributed by atoms with Gasteiger partial charge in [0, 0.05) is 31.7 Å². The number of hydrogen-bond donors (Lipinski definition) is 1. The molecule has 0 radical (unpaired) electrons. The van der Waals surface area contributed by atoms with Gasteiger partial charge in [0.15, 0.2) is 0 Å².